The van der Waals surface area contributed by atoms with E-state index in [2.05, 4.69) is 5.32 Å². The molecule has 0 aliphatic carbocycles. The Bertz CT molecular complexity index is 521. The summed E-state index contributed by atoms with van der Waals surface area (Å²) in [5.41, 5.74) is -0.404. The second kappa shape index (κ2) is 7.20. The average Bonchev–Trinajstić information content (AvgIpc) is 2.37. The van der Waals surface area contributed by atoms with Gasteiger partial charge in [0, 0.05) is 39.9 Å². The van der Waals surface area contributed by atoms with E-state index in [0.717, 1.165) is 0 Å². The minimum Gasteiger partial charge on any atom is -0.351 e. The molecular weight excluding hydrogens is 292 g/mol. The highest BCUT2D eigenvalue weighted by atomic mass is 35.5. The highest BCUT2D eigenvalue weighted by Crippen LogP contribution is 2.22. The molecule has 1 unspecified atom stereocenters. The van der Waals surface area contributed by atoms with Crippen LogP contribution in [0.15, 0.2) is 18.2 Å². The van der Waals surface area contributed by atoms with Crippen molar-refractivity contribution in [1.29, 1.82) is 0 Å². The van der Waals surface area contributed by atoms with Gasteiger partial charge in [-0.15, -0.1) is 0 Å². The van der Waals surface area contributed by atoms with E-state index in [0.29, 0.717) is 11.5 Å². The van der Waals surface area contributed by atoms with Gasteiger partial charge in [-0.05, 0) is 12.1 Å². The molecule has 0 saturated heterocycles. The molecule has 0 saturated carbocycles. The minimum absolute atomic E-state index is 0.0974. The molecular formula is C11H13ClN2O4S. The number of hydrogen-bond acceptors (Lipinski definition) is 4. The van der Waals surface area contributed by atoms with Gasteiger partial charge in [-0.1, -0.05) is 18.5 Å². The summed E-state index contributed by atoms with van der Waals surface area (Å²) < 4.78 is 11.2. The fraction of sp³-hybridized carbons (Fsp3) is 0.364. The number of rotatable bonds is 6. The predicted molar refractivity (Wildman–Crippen MR) is 74.0 cm³/mol. The van der Waals surface area contributed by atoms with Crippen LogP contribution in [0, 0.1) is 10.1 Å². The third-order valence-electron chi connectivity index (χ3n) is 2.34. The second-order valence-corrected chi connectivity index (χ2v) is 5.91. The second-order valence-electron chi connectivity index (χ2n) is 3.61. The van der Waals surface area contributed by atoms with Gasteiger partial charge in [-0.3, -0.25) is 19.1 Å². The number of carbonyl (C=O) groups excluding carboxylic acids is 1. The molecule has 104 valence electrons. The molecule has 0 aliphatic rings. The van der Waals surface area contributed by atoms with Crippen LogP contribution in [0.5, 0.6) is 0 Å². The van der Waals surface area contributed by atoms with E-state index in [-0.39, 0.29) is 22.8 Å². The van der Waals surface area contributed by atoms with Crippen LogP contribution in [0.2, 0.25) is 5.02 Å². The molecule has 0 aliphatic heterocycles. The summed E-state index contributed by atoms with van der Waals surface area (Å²) >= 11 is 5.72. The summed E-state index contributed by atoms with van der Waals surface area (Å²) in [7, 11) is -0.993. The van der Waals surface area contributed by atoms with Crippen LogP contribution in [0.1, 0.15) is 17.3 Å². The predicted octanol–water partition coefficient (Wildman–Crippen LogP) is 1.75. The largest absolute Gasteiger partial charge is 0.351 e. The topological polar surface area (TPSA) is 89.3 Å². The third-order valence-corrected chi connectivity index (χ3v) is 3.88. The van der Waals surface area contributed by atoms with Crippen molar-refractivity contribution in [1.82, 2.24) is 5.32 Å². The van der Waals surface area contributed by atoms with Crippen molar-refractivity contribution in [3.63, 3.8) is 0 Å². The summed E-state index contributed by atoms with van der Waals surface area (Å²) in [6.45, 7) is 1.97. The molecule has 1 rings (SSSR count). The molecule has 19 heavy (non-hydrogen) atoms. The van der Waals surface area contributed by atoms with Gasteiger partial charge in [0.25, 0.3) is 11.6 Å². The van der Waals surface area contributed by atoms with E-state index in [1.165, 1.54) is 18.2 Å². The number of nitrogens with one attached hydrogen (secondary N) is 1. The van der Waals surface area contributed by atoms with Crippen molar-refractivity contribution < 1.29 is 13.9 Å². The monoisotopic (exact) mass is 304 g/mol. The number of hydrogen-bond donors (Lipinski definition) is 1. The smallest absolute Gasteiger partial charge is 0.282 e. The number of halogens is 1. The summed E-state index contributed by atoms with van der Waals surface area (Å²) in [5, 5.41) is 13.5. The molecule has 1 amide bonds. The van der Waals surface area contributed by atoms with Crippen LogP contribution in [-0.2, 0) is 10.8 Å². The number of amides is 1. The first kappa shape index (κ1) is 15.6. The van der Waals surface area contributed by atoms with E-state index in [1.807, 2.05) is 0 Å². The maximum Gasteiger partial charge on any atom is 0.282 e. The number of benzene rings is 1. The molecule has 0 fully saturated rings. The molecule has 0 aromatic heterocycles. The van der Waals surface area contributed by atoms with E-state index >= 15 is 0 Å². The molecule has 0 spiro atoms. The van der Waals surface area contributed by atoms with Crippen LogP contribution >= 0.6 is 11.6 Å². The Morgan fingerprint density at radius 2 is 2.21 bits per heavy atom. The van der Waals surface area contributed by atoms with Crippen molar-refractivity contribution in [3.8, 4) is 0 Å². The van der Waals surface area contributed by atoms with Gasteiger partial charge < -0.3 is 5.32 Å². The molecule has 0 heterocycles. The zero-order chi connectivity index (χ0) is 14.4. The highest BCUT2D eigenvalue weighted by molar-refractivity contribution is 7.84. The maximum atomic E-state index is 11.8. The fourth-order valence-corrected chi connectivity index (χ4v) is 2.16. The highest BCUT2D eigenvalue weighted by Gasteiger charge is 2.20. The van der Waals surface area contributed by atoms with Crippen LogP contribution in [0.25, 0.3) is 0 Å². The van der Waals surface area contributed by atoms with Crippen LogP contribution in [0.3, 0.4) is 0 Å². The van der Waals surface area contributed by atoms with Crippen molar-refractivity contribution in [2.24, 2.45) is 0 Å². The molecule has 0 bridgehead atoms. The van der Waals surface area contributed by atoms with Crippen molar-refractivity contribution >= 4 is 34.0 Å². The normalized spacial score (nSPS) is 11.9. The van der Waals surface area contributed by atoms with Gasteiger partial charge in [-0.2, -0.15) is 0 Å². The lowest BCUT2D eigenvalue weighted by atomic mass is 10.1. The zero-order valence-corrected chi connectivity index (χ0v) is 11.8. The van der Waals surface area contributed by atoms with Gasteiger partial charge in [-0.25, -0.2) is 0 Å². The van der Waals surface area contributed by atoms with Gasteiger partial charge in [0.15, 0.2) is 0 Å². The van der Waals surface area contributed by atoms with Crippen LogP contribution in [-0.4, -0.2) is 33.1 Å². The third kappa shape index (κ3) is 4.60. The maximum absolute atomic E-state index is 11.8. The van der Waals surface area contributed by atoms with E-state index in [9.17, 15) is 19.1 Å². The van der Waals surface area contributed by atoms with E-state index < -0.39 is 21.6 Å². The minimum atomic E-state index is -0.993. The Kier molecular flexibility index (Phi) is 5.91. The Balaban J connectivity index is 2.78. The summed E-state index contributed by atoms with van der Waals surface area (Å²) in [4.78, 5) is 22.0. The van der Waals surface area contributed by atoms with Gasteiger partial charge in [0.1, 0.15) is 5.56 Å². The molecule has 1 atom stereocenters. The number of nitro groups is 1. The standard InChI is InChI=1S/C11H13ClN2O4S/c1-2-19(18)6-5-13-11(15)9-7-8(12)3-4-10(9)14(16)17/h3-4,7H,2,5-6H2,1H3,(H,13,15). The summed E-state index contributed by atoms with van der Waals surface area (Å²) in [6.07, 6.45) is 0. The molecule has 1 N–H and O–H groups in total. The van der Waals surface area contributed by atoms with Gasteiger partial charge in [0.2, 0.25) is 0 Å². The lowest BCUT2D eigenvalue weighted by Gasteiger charge is -2.05. The van der Waals surface area contributed by atoms with Crippen molar-refractivity contribution in [2.75, 3.05) is 18.1 Å². The average molecular weight is 305 g/mol. The summed E-state index contributed by atoms with van der Waals surface area (Å²) in [6, 6.07) is 3.77. The van der Waals surface area contributed by atoms with E-state index in [4.69, 9.17) is 11.6 Å². The fourth-order valence-electron chi connectivity index (χ4n) is 1.37. The SMILES string of the molecule is CCS(=O)CCNC(=O)c1cc(Cl)ccc1[N+](=O)[O-]. The van der Waals surface area contributed by atoms with Crippen LogP contribution in [0.4, 0.5) is 5.69 Å². The number of nitrogens with zero attached hydrogens (tertiary/aromatic N) is 1. The molecule has 1 aromatic carbocycles. The Morgan fingerprint density at radius 1 is 1.53 bits per heavy atom. The quantitative estimate of drug-likeness (QED) is 0.640. The first-order valence-corrected chi connectivity index (χ1v) is 7.39. The molecule has 8 heteroatoms. The Labute approximate surface area is 117 Å². The first-order chi connectivity index (χ1) is 8.95. The van der Waals surface area contributed by atoms with Gasteiger partial charge >= 0.3 is 0 Å². The zero-order valence-electron chi connectivity index (χ0n) is 10.2. The van der Waals surface area contributed by atoms with E-state index in [1.54, 1.807) is 6.92 Å². The lowest BCUT2D eigenvalue weighted by Crippen LogP contribution is -2.28. The lowest BCUT2D eigenvalue weighted by molar-refractivity contribution is -0.385. The Hall–Kier alpha value is -1.47. The Morgan fingerprint density at radius 3 is 2.79 bits per heavy atom. The van der Waals surface area contributed by atoms with Crippen LogP contribution < -0.4 is 5.32 Å². The first-order valence-electron chi connectivity index (χ1n) is 5.52. The molecule has 1 aromatic rings. The molecule has 6 nitrogen and oxygen atoms in total. The van der Waals surface area contributed by atoms with Crippen molar-refractivity contribution in [2.45, 2.75) is 6.92 Å². The number of nitro benzene ring substituents is 1. The van der Waals surface area contributed by atoms with Crippen molar-refractivity contribution in [3.05, 3.63) is 38.9 Å². The van der Waals surface area contributed by atoms with Gasteiger partial charge in [0.05, 0.1) is 4.92 Å². The molecule has 0 radical (unpaired) electrons. The number of carbonyl (C=O) groups is 1. The summed E-state index contributed by atoms with van der Waals surface area (Å²) in [5.74, 6) is 0.228.